The van der Waals surface area contributed by atoms with E-state index in [1.54, 1.807) is 12.1 Å². The van der Waals surface area contributed by atoms with Crippen molar-refractivity contribution >= 4 is 22.3 Å². The van der Waals surface area contributed by atoms with Crippen LogP contribution in [0.5, 0.6) is 0 Å². The fourth-order valence-electron chi connectivity index (χ4n) is 4.70. The van der Waals surface area contributed by atoms with Crippen molar-refractivity contribution in [3.8, 4) is 5.69 Å². The SMILES string of the molecule is [C-]#[N+]c1ccc2[nH]cc(CCCN3CCN(c4ccc(-n5cc(F)cc(F)c5=O)cc4)CC3)c2c1. The molecule has 2 aromatic carbocycles. The fraction of sp³-hybridized carbons (Fsp3) is 0.259. The number of aromatic amines is 1. The maximum Gasteiger partial charge on any atom is 0.291 e. The molecule has 1 N–H and O–H groups in total. The monoisotopic (exact) mass is 473 g/mol. The van der Waals surface area contributed by atoms with Crippen LogP contribution in [0, 0.1) is 18.2 Å². The molecule has 0 radical (unpaired) electrons. The number of benzene rings is 2. The van der Waals surface area contributed by atoms with Crippen LogP contribution in [0.4, 0.5) is 20.2 Å². The molecular formula is C27H25F2N5O. The van der Waals surface area contributed by atoms with E-state index < -0.39 is 17.2 Å². The van der Waals surface area contributed by atoms with E-state index in [0.29, 0.717) is 17.4 Å². The molecule has 5 rings (SSSR count). The van der Waals surface area contributed by atoms with Gasteiger partial charge in [-0.25, -0.2) is 13.6 Å². The van der Waals surface area contributed by atoms with Gasteiger partial charge in [-0.2, -0.15) is 0 Å². The van der Waals surface area contributed by atoms with E-state index in [4.69, 9.17) is 6.57 Å². The van der Waals surface area contributed by atoms with Gasteiger partial charge >= 0.3 is 0 Å². The van der Waals surface area contributed by atoms with Gasteiger partial charge in [-0.15, -0.1) is 0 Å². The number of H-pyrrole nitrogens is 1. The summed E-state index contributed by atoms with van der Waals surface area (Å²) >= 11 is 0. The van der Waals surface area contributed by atoms with Crippen molar-refractivity contribution in [2.45, 2.75) is 12.8 Å². The normalized spacial score (nSPS) is 14.4. The van der Waals surface area contributed by atoms with Gasteiger partial charge < -0.3 is 9.88 Å². The topological polar surface area (TPSA) is 48.6 Å². The maximum atomic E-state index is 13.6. The van der Waals surface area contributed by atoms with Crippen molar-refractivity contribution < 1.29 is 8.78 Å². The minimum atomic E-state index is -1.11. The molecule has 35 heavy (non-hydrogen) atoms. The lowest BCUT2D eigenvalue weighted by molar-refractivity contribution is 0.255. The summed E-state index contributed by atoms with van der Waals surface area (Å²) in [5.74, 6) is -1.90. The smallest absolute Gasteiger partial charge is 0.291 e. The lowest BCUT2D eigenvalue weighted by Crippen LogP contribution is -2.46. The Kier molecular flexibility index (Phi) is 6.34. The van der Waals surface area contributed by atoms with Crippen molar-refractivity contribution in [1.82, 2.24) is 14.5 Å². The Morgan fingerprint density at radius 1 is 0.971 bits per heavy atom. The predicted octanol–water partition coefficient (Wildman–Crippen LogP) is 4.90. The number of pyridine rings is 1. The third-order valence-electron chi connectivity index (χ3n) is 6.61. The molecule has 6 nitrogen and oxygen atoms in total. The largest absolute Gasteiger partial charge is 0.369 e. The zero-order valence-electron chi connectivity index (χ0n) is 19.2. The van der Waals surface area contributed by atoms with Gasteiger partial charge in [-0.05, 0) is 66.7 Å². The molecule has 1 aliphatic heterocycles. The highest BCUT2D eigenvalue weighted by atomic mass is 19.1. The van der Waals surface area contributed by atoms with Crippen LogP contribution in [0.15, 0.2) is 65.7 Å². The average Bonchev–Trinajstić information content (AvgIpc) is 3.29. The highest BCUT2D eigenvalue weighted by Crippen LogP contribution is 2.25. The first-order valence-corrected chi connectivity index (χ1v) is 11.6. The van der Waals surface area contributed by atoms with Gasteiger partial charge in [0.25, 0.3) is 5.56 Å². The number of aryl methyl sites for hydroxylation is 1. The van der Waals surface area contributed by atoms with Crippen LogP contribution in [0.3, 0.4) is 0 Å². The summed E-state index contributed by atoms with van der Waals surface area (Å²) in [6.45, 7) is 11.9. The van der Waals surface area contributed by atoms with Crippen LogP contribution >= 0.6 is 0 Å². The number of piperazine rings is 1. The molecule has 0 unspecified atom stereocenters. The van der Waals surface area contributed by atoms with Gasteiger partial charge in [-0.3, -0.25) is 14.3 Å². The van der Waals surface area contributed by atoms with Crippen LogP contribution in [-0.2, 0) is 6.42 Å². The molecule has 0 spiro atoms. The number of rotatable bonds is 6. The molecule has 178 valence electrons. The molecular weight excluding hydrogens is 448 g/mol. The Bertz CT molecular complexity index is 1440. The number of halogens is 2. The Hall–Kier alpha value is -3.96. The number of hydrogen-bond acceptors (Lipinski definition) is 3. The molecule has 8 heteroatoms. The van der Waals surface area contributed by atoms with E-state index in [1.165, 1.54) is 5.56 Å². The lowest BCUT2D eigenvalue weighted by atomic mass is 10.1. The molecule has 0 aliphatic carbocycles. The zero-order valence-corrected chi connectivity index (χ0v) is 19.2. The van der Waals surface area contributed by atoms with E-state index in [1.807, 2.05) is 36.5 Å². The minimum absolute atomic E-state index is 0.427. The highest BCUT2D eigenvalue weighted by Gasteiger charge is 2.17. The predicted molar refractivity (Wildman–Crippen MR) is 133 cm³/mol. The van der Waals surface area contributed by atoms with Gasteiger partial charge in [0.1, 0.15) is 5.82 Å². The number of hydrogen-bond donors (Lipinski definition) is 1. The van der Waals surface area contributed by atoms with E-state index >= 15 is 0 Å². The summed E-state index contributed by atoms with van der Waals surface area (Å²) in [4.78, 5) is 23.6. The standard InChI is InChI=1S/C27H25F2N5O/c1-30-21-4-9-26-24(16-21)19(17-31-26)3-2-10-32-11-13-33(14-12-32)22-5-7-23(8-6-22)34-18-20(28)15-25(29)27(34)35/h4-9,15-18,31H,2-3,10-14H2. The third-order valence-corrected chi connectivity index (χ3v) is 6.61. The summed E-state index contributed by atoms with van der Waals surface area (Å²) in [5, 5.41) is 1.13. The first kappa shape index (κ1) is 22.8. The second kappa shape index (κ2) is 9.72. The van der Waals surface area contributed by atoms with Crippen LogP contribution in [0.2, 0.25) is 0 Å². The van der Waals surface area contributed by atoms with Crippen molar-refractivity contribution in [3.05, 3.63) is 99.9 Å². The number of nitrogens with zero attached hydrogens (tertiary/aromatic N) is 4. The summed E-state index contributed by atoms with van der Waals surface area (Å²) in [7, 11) is 0. The van der Waals surface area contributed by atoms with Gasteiger partial charge in [-0.1, -0.05) is 6.07 Å². The number of anilines is 1. The number of nitrogens with one attached hydrogen (secondary N) is 1. The molecule has 1 fully saturated rings. The van der Waals surface area contributed by atoms with E-state index in [0.717, 1.165) is 72.9 Å². The van der Waals surface area contributed by atoms with Crippen molar-refractivity contribution in [1.29, 1.82) is 0 Å². The summed E-state index contributed by atoms with van der Waals surface area (Å²) < 4.78 is 28.1. The molecule has 0 atom stereocenters. The molecule has 3 heterocycles. The summed E-state index contributed by atoms with van der Waals surface area (Å²) in [6, 6.07) is 13.5. The van der Waals surface area contributed by atoms with Crippen LogP contribution in [-0.4, -0.2) is 47.2 Å². The van der Waals surface area contributed by atoms with Crippen molar-refractivity contribution in [2.75, 3.05) is 37.6 Å². The van der Waals surface area contributed by atoms with E-state index in [9.17, 15) is 13.6 Å². The highest BCUT2D eigenvalue weighted by molar-refractivity contribution is 5.86. The third kappa shape index (κ3) is 4.81. The van der Waals surface area contributed by atoms with Gasteiger partial charge in [0, 0.05) is 61.5 Å². The Balaban J connectivity index is 1.15. The zero-order chi connectivity index (χ0) is 24.4. The van der Waals surface area contributed by atoms with Gasteiger partial charge in [0.05, 0.1) is 6.57 Å². The molecule has 1 aliphatic rings. The van der Waals surface area contributed by atoms with E-state index in [-0.39, 0.29) is 0 Å². The Morgan fingerprint density at radius 2 is 1.71 bits per heavy atom. The van der Waals surface area contributed by atoms with Crippen LogP contribution < -0.4 is 10.5 Å². The molecule has 1 saturated heterocycles. The minimum Gasteiger partial charge on any atom is -0.369 e. The number of fused-ring (bicyclic) bond motifs is 1. The average molecular weight is 474 g/mol. The molecule has 0 amide bonds. The van der Waals surface area contributed by atoms with Crippen molar-refractivity contribution in [2.24, 2.45) is 0 Å². The maximum absolute atomic E-state index is 13.6. The molecule has 2 aromatic heterocycles. The molecule has 0 bridgehead atoms. The second-order valence-electron chi connectivity index (χ2n) is 8.79. The first-order valence-electron chi connectivity index (χ1n) is 11.6. The van der Waals surface area contributed by atoms with Gasteiger partial charge in [0.15, 0.2) is 11.5 Å². The first-order chi connectivity index (χ1) is 17.0. The number of aromatic nitrogens is 2. The fourth-order valence-corrected chi connectivity index (χ4v) is 4.70. The van der Waals surface area contributed by atoms with Crippen LogP contribution in [0.25, 0.3) is 21.4 Å². The Labute approximate surface area is 201 Å². The molecule has 4 aromatic rings. The quantitative estimate of drug-likeness (QED) is 0.405. The molecule has 0 saturated carbocycles. The Morgan fingerprint density at radius 3 is 2.46 bits per heavy atom. The van der Waals surface area contributed by atoms with Gasteiger partial charge in [0.2, 0.25) is 0 Å². The second-order valence-corrected chi connectivity index (χ2v) is 8.79. The van der Waals surface area contributed by atoms with Crippen LogP contribution in [0.1, 0.15) is 12.0 Å². The van der Waals surface area contributed by atoms with E-state index in [2.05, 4.69) is 19.6 Å². The lowest BCUT2D eigenvalue weighted by Gasteiger charge is -2.36. The summed E-state index contributed by atoms with van der Waals surface area (Å²) in [5.41, 5.74) is 3.56. The summed E-state index contributed by atoms with van der Waals surface area (Å²) in [6.07, 6.45) is 5.05. The van der Waals surface area contributed by atoms with Crippen molar-refractivity contribution in [3.63, 3.8) is 0 Å².